The van der Waals surface area contributed by atoms with Gasteiger partial charge in [0, 0.05) is 11.6 Å². The zero-order valence-corrected chi connectivity index (χ0v) is 15.0. The Morgan fingerprint density at radius 1 is 1.19 bits per heavy atom. The Morgan fingerprint density at radius 3 is 2.58 bits per heavy atom. The van der Waals surface area contributed by atoms with Crippen LogP contribution in [0.15, 0.2) is 71.5 Å². The summed E-state index contributed by atoms with van der Waals surface area (Å²) >= 11 is 0. The van der Waals surface area contributed by atoms with Crippen LogP contribution in [0.2, 0.25) is 0 Å². The quantitative estimate of drug-likeness (QED) is 0.364. The summed E-state index contributed by atoms with van der Waals surface area (Å²) in [5.74, 6) is 0.384. The smallest absolute Gasteiger partial charge is 0.247 e. The number of aliphatic hydroxyl groups excluding tert-OH is 1. The number of halogens is 1. The topological polar surface area (TPSA) is 90.4 Å². The van der Waals surface area contributed by atoms with Gasteiger partial charge in [-0.05, 0) is 19.1 Å². The van der Waals surface area contributed by atoms with Crippen molar-refractivity contribution in [2.45, 2.75) is 13.3 Å². The number of carbonyl (C=O) groups excluding carboxylic acids is 1. The van der Waals surface area contributed by atoms with Crippen LogP contribution < -0.4 is 5.43 Å². The molecule has 2 aromatic carbocycles. The molecule has 3 rings (SSSR count). The van der Waals surface area contributed by atoms with E-state index in [1.54, 1.807) is 6.92 Å². The summed E-state index contributed by atoms with van der Waals surface area (Å²) in [4.78, 5) is 19.6. The number of para-hydroxylation sites is 2. The Kier molecular flexibility index (Phi) is 6.52. The molecule has 0 unspecified atom stereocenters. The molecule has 1 amide bonds. The van der Waals surface area contributed by atoms with E-state index in [1.165, 1.54) is 6.08 Å². The molecule has 6 nitrogen and oxygen atoms in total. The zero-order valence-electron chi connectivity index (χ0n) is 14.1. The molecular weight excluding hydrogens is 352 g/mol. The average molecular weight is 371 g/mol. The van der Waals surface area contributed by atoms with Gasteiger partial charge in [-0.3, -0.25) is 4.79 Å². The SMILES string of the molecule is CC(O)=CC(=NNC(=O)Cc1nc2ccccc2[nH]1)c1ccccc1.Cl. The molecule has 0 spiro atoms. The predicted octanol–water partition coefficient (Wildman–Crippen LogP) is 3.51. The molecule has 0 fully saturated rings. The number of allylic oxidation sites excluding steroid dienone is 2. The van der Waals surface area contributed by atoms with Crippen molar-refractivity contribution in [3.8, 4) is 0 Å². The monoisotopic (exact) mass is 370 g/mol. The number of hydrazone groups is 1. The summed E-state index contributed by atoms with van der Waals surface area (Å²) in [6.45, 7) is 1.55. The second kappa shape index (κ2) is 8.82. The molecule has 0 atom stereocenters. The highest BCUT2D eigenvalue weighted by atomic mass is 35.5. The lowest BCUT2D eigenvalue weighted by atomic mass is 10.1. The fourth-order valence-corrected chi connectivity index (χ4v) is 2.39. The van der Waals surface area contributed by atoms with Gasteiger partial charge in [-0.1, -0.05) is 42.5 Å². The number of benzene rings is 2. The summed E-state index contributed by atoms with van der Waals surface area (Å²) in [5, 5.41) is 13.6. The maximum Gasteiger partial charge on any atom is 0.247 e. The molecule has 0 aliphatic carbocycles. The van der Waals surface area contributed by atoms with Gasteiger partial charge in [0.2, 0.25) is 5.91 Å². The third-order valence-corrected chi connectivity index (χ3v) is 3.48. The Bertz CT molecular complexity index is 911. The number of H-pyrrole nitrogens is 1. The van der Waals surface area contributed by atoms with E-state index in [1.807, 2.05) is 54.6 Å². The molecule has 0 bridgehead atoms. The van der Waals surface area contributed by atoms with Crippen molar-refractivity contribution in [3.63, 3.8) is 0 Å². The standard InChI is InChI=1S/C19H18N4O2.ClH/c1-13(24)11-17(14-7-3-2-4-8-14)22-23-19(25)12-18-20-15-9-5-6-10-16(15)21-18;/h2-11,24H,12H2,1H3,(H,20,21)(H,23,25);1H. The molecule has 0 saturated heterocycles. The van der Waals surface area contributed by atoms with E-state index >= 15 is 0 Å². The van der Waals surface area contributed by atoms with Gasteiger partial charge in [0.05, 0.1) is 28.9 Å². The van der Waals surface area contributed by atoms with Crippen molar-refractivity contribution in [2.24, 2.45) is 5.10 Å². The number of nitrogens with one attached hydrogen (secondary N) is 2. The number of rotatable bonds is 5. The molecule has 0 aliphatic rings. The van der Waals surface area contributed by atoms with Crippen LogP contribution in [0.3, 0.4) is 0 Å². The molecule has 7 heteroatoms. The van der Waals surface area contributed by atoms with Crippen molar-refractivity contribution in [1.82, 2.24) is 15.4 Å². The van der Waals surface area contributed by atoms with E-state index in [4.69, 9.17) is 0 Å². The summed E-state index contributed by atoms with van der Waals surface area (Å²) in [6, 6.07) is 16.9. The summed E-state index contributed by atoms with van der Waals surface area (Å²) < 4.78 is 0. The van der Waals surface area contributed by atoms with Gasteiger partial charge in [0.1, 0.15) is 5.82 Å². The number of aromatic nitrogens is 2. The highest BCUT2D eigenvalue weighted by Crippen LogP contribution is 2.10. The van der Waals surface area contributed by atoms with E-state index in [9.17, 15) is 9.90 Å². The number of carbonyl (C=O) groups is 1. The fraction of sp³-hybridized carbons (Fsp3) is 0.105. The molecule has 0 aliphatic heterocycles. The first-order chi connectivity index (χ1) is 12.1. The van der Waals surface area contributed by atoms with Crippen LogP contribution in [0.1, 0.15) is 18.3 Å². The molecule has 1 heterocycles. The largest absolute Gasteiger partial charge is 0.513 e. The molecule has 0 saturated carbocycles. The lowest BCUT2D eigenvalue weighted by molar-refractivity contribution is -0.120. The predicted molar refractivity (Wildman–Crippen MR) is 105 cm³/mol. The van der Waals surface area contributed by atoms with E-state index in [-0.39, 0.29) is 30.5 Å². The molecule has 0 radical (unpaired) electrons. The van der Waals surface area contributed by atoms with Gasteiger partial charge in [-0.2, -0.15) is 5.10 Å². The number of hydrogen-bond acceptors (Lipinski definition) is 4. The molecule has 26 heavy (non-hydrogen) atoms. The number of aliphatic hydroxyl groups is 1. The normalized spacial score (nSPS) is 11.9. The van der Waals surface area contributed by atoms with Crippen molar-refractivity contribution in [2.75, 3.05) is 0 Å². The number of aromatic amines is 1. The van der Waals surface area contributed by atoms with Crippen LogP contribution in [-0.4, -0.2) is 26.7 Å². The second-order valence-corrected chi connectivity index (χ2v) is 5.56. The van der Waals surface area contributed by atoms with Crippen LogP contribution in [-0.2, 0) is 11.2 Å². The molecular formula is C19H19ClN4O2. The zero-order chi connectivity index (χ0) is 17.6. The second-order valence-electron chi connectivity index (χ2n) is 5.56. The summed E-state index contributed by atoms with van der Waals surface area (Å²) in [6.07, 6.45) is 1.58. The number of amides is 1. The lowest BCUT2D eigenvalue weighted by Gasteiger charge is -2.03. The van der Waals surface area contributed by atoms with Crippen molar-refractivity contribution in [3.05, 3.63) is 77.8 Å². The average Bonchev–Trinajstić information content (AvgIpc) is 3.01. The van der Waals surface area contributed by atoms with Gasteiger partial charge in [0.15, 0.2) is 0 Å². The number of hydrogen-bond donors (Lipinski definition) is 3. The van der Waals surface area contributed by atoms with E-state index in [0.717, 1.165) is 16.6 Å². The number of fused-ring (bicyclic) bond motifs is 1. The Labute approximate surface area is 157 Å². The first-order valence-electron chi connectivity index (χ1n) is 7.84. The first kappa shape index (κ1) is 19.2. The number of nitrogens with zero attached hydrogens (tertiary/aromatic N) is 2. The Hall–Kier alpha value is -3.12. The molecule has 3 aromatic rings. The van der Waals surface area contributed by atoms with Crippen molar-refractivity contribution < 1.29 is 9.90 Å². The van der Waals surface area contributed by atoms with Gasteiger partial charge in [-0.25, -0.2) is 10.4 Å². The Balaban J connectivity index is 0.00000243. The third kappa shape index (κ3) is 4.94. The van der Waals surface area contributed by atoms with E-state index in [0.29, 0.717) is 11.5 Å². The van der Waals surface area contributed by atoms with Crippen LogP contribution in [0.5, 0.6) is 0 Å². The summed E-state index contributed by atoms with van der Waals surface area (Å²) in [7, 11) is 0. The highest BCUT2D eigenvalue weighted by molar-refractivity contribution is 6.09. The third-order valence-electron chi connectivity index (χ3n) is 3.48. The van der Waals surface area contributed by atoms with Crippen molar-refractivity contribution in [1.29, 1.82) is 0 Å². The molecule has 3 N–H and O–H groups in total. The number of imidazole rings is 1. The summed E-state index contributed by atoms with van der Waals surface area (Å²) in [5.41, 5.74) is 5.48. The highest BCUT2D eigenvalue weighted by Gasteiger charge is 2.08. The van der Waals surface area contributed by atoms with Crippen LogP contribution in [0.4, 0.5) is 0 Å². The minimum atomic E-state index is -0.295. The van der Waals surface area contributed by atoms with Gasteiger partial charge in [0.25, 0.3) is 0 Å². The first-order valence-corrected chi connectivity index (χ1v) is 7.84. The van der Waals surface area contributed by atoms with Gasteiger partial charge >= 0.3 is 0 Å². The lowest BCUT2D eigenvalue weighted by Crippen LogP contribution is -2.22. The fourth-order valence-electron chi connectivity index (χ4n) is 2.39. The molecule has 134 valence electrons. The molecule has 1 aromatic heterocycles. The van der Waals surface area contributed by atoms with Crippen LogP contribution in [0.25, 0.3) is 11.0 Å². The minimum absolute atomic E-state index is 0. The van der Waals surface area contributed by atoms with E-state index in [2.05, 4.69) is 20.5 Å². The maximum atomic E-state index is 12.1. The minimum Gasteiger partial charge on any atom is -0.513 e. The Morgan fingerprint density at radius 2 is 1.88 bits per heavy atom. The van der Waals surface area contributed by atoms with Crippen LogP contribution in [0, 0.1) is 0 Å². The van der Waals surface area contributed by atoms with Crippen LogP contribution >= 0.6 is 12.4 Å². The maximum absolute atomic E-state index is 12.1. The van der Waals surface area contributed by atoms with Gasteiger partial charge in [-0.15, -0.1) is 12.4 Å². The van der Waals surface area contributed by atoms with Gasteiger partial charge < -0.3 is 10.1 Å². The van der Waals surface area contributed by atoms with E-state index < -0.39 is 0 Å². The van der Waals surface area contributed by atoms with Crippen molar-refractivity contribution >= 4 is 35.1 Å².